The van der Waals surface area contributed by atoms with Crippen molar-refractivity contribution in [2.45, 2.75) is 31.7 Å². The first-order valence-electron chi connectivity index (χ1n) is 7.28. The van der Waals surface area contributed by atoms with Crippen LogP contribution >= 0.6 is 0 Å². The fraction of sp³-hybridized carbons (Fsp3) is 0.600. The molecule has 1 aromatic rings. The Morgan fingerprint density at radius 3 is 2.68 bits per heavy atom. The van der Waals surface area contributed by atoms with Crippen molar-refractivity contribution in [3.05, 3.63) is 24.0 Å². The van der Waals surface area contributed by atoms with E-state index >= 15 is 0 Å². The molecule has 2 aliphatic rings. The Bertz CT molecular complexity index is 443. The molecule has 3 rings (SSSR count). The van der Waals surface area contributed by atoms with Gasteiger partial charge in [-0.25, -0.2) is 4.39 Å². The normalized spacial score (nSPS) is 24.9. The van der Waals surface area contributed by atoms with E-state index in [9.17, 15) is 4.39 Å². The van der Waals surface area contributed by atoms with E-state index in [2.05, 4.69) is 9.80 Å². The van der Waals surface area contributed by atoms with Gasteiger partial charge in [-0.1, -0.05) is 6.42 Å². The summed E-state index contributed by atoms with van der Waals surface area (Å²) in [6.45, 7) is 4.40. The highest BCUT2D eigenvalue weighted by atomic mass is 19.1. The van der Waals surface area contributed by atoms with Crippen LogP contribution in [0.25, 0.3) is 0 Å². The van der Waals surface area contributed by atoms with E-state index < -0.39 is 0 Å². The Labute approximate surface area is 114 Å². The number of anilines is 2. The maximum atomic E-state index is 13.4. The van der Waals surface area contributed by atoms with Crippen molar-refractivity contribution < 1.29 is 4.39 Å². The summed E-state index contributed by atoms with van der Waals surface area (Å²) in [4.78, 5) is 4.83. The molecule has 104 valence electrons. The number of hydrogen-bond donors (Lipinski definition) is 1. The van der Waals surface area contributed by atoms with Gasteiger partial charge in [-0.2, -0.15) is 0 Å². The number of likely N-dealkylation sites (tertiary alicyclic amines) is 1. The van der Waals surface area contributed by atoms with E-state index in [0.29, 0.717) is 11.7 Å². The molecular formula is C15H22FN3. The van der Waals surface area contributed by atoms with E-state index in [1.54, 1.807) is 12.1 Å². The molecule has 2 saturated heterocycles. The van der Waals surface area contributed by atoms with Crippen molar-refractivity contribution in [3.63, 3.8) is 0 Å². The number of piperidine rings is 1. The summed E-state index contributed by atoms with van der Waals surface area (Å²) in [6, 6.07) is 5.27. The smallest absolute Gasteiger partial charge is 0.125 e. The number of rotatable bonds is 2. The maximum Gasteiger partial charge on any atom is 0.125 e. The summed E-state index contributed by atoms with van der Waals surface area (Å²) in [6.07, 6.45) is 5.16. The van der Waals surface area contributed by atoms with Gasteiger partial charge in [0, 0.05) is 19.1 Å². The molecule has 1 aromatic carbocycles. The summed E-state index contributed by atoms with van der Waals surface area (Å²) in [7, 11) is 0. The molecule has 2 heterocycles. The lowest BCUT2D eigenvalue weighted by Gasteiger charge is -2.32. The zero-order chi connectivity index (χ0) is 13.2. The van der Waals surface area contributed by atoms with Crippen LogP contribution in [0.2, 0.25) is 0 Å². The Balaban J connectivity index is 1.69. The third kappa shape index (κ3) is 2.68. The first kappa shape index (κ1) is 12.7. The van der Waals surface area contributed by atoms with Gasteiger partial charge in [0.2, 0.25) is 0 Å². The first-order chi connectivity index (χ1) is 9.24. The van der Waals surface area contributed by atoms with Gasteiger partial charge in [0.25, 0.3) is 0 Å². The number of nitrogens with two attached hydrogens (primary N) is 1. The molecule has 0 saturated carbocycles. The minimum atomic E-state index is -0.203. The molecular weight excluding hydrogens is 241 g/mol. The highest BCUT2D eigenvalue weighted by molar-refractivity contribution is 5.68. The van der Waals surface area contributed by atoms with Crippen LogP contribution in [0.15, 0.2) is 18.2 Å². The van der Waals surface area contributed by atoms with Gasteiger partial charge in [0.15, 0.2) is 0 Å². The van der Waals surface area contributed by atoms with Crippen LogP contribution in [0.1, 0.15) is 25.7 Å². The SMILES string of the molecule is Nc1ccc(F)cc1N1CCC(N2CCCCC2)C1. The zero-order valence-corrected chi connectivity index (χ0v) is 11.3. The Morgan fingerprint density at radius 1 is 1.11 bits per heavy atom. The van der Waals surface area contributed by atoms with Crippen LogP contribution in [0.3, 0.4) is 0 Å². The van der Waals surface area contributed by atoms with Gasteiger partial charge in [0.1, 0.15) is 5.82 Å². The molecule has 3 nitrogen and oxygen atoms in total. The number of nitrogen functional groups attached to an aromatic ring is 1. The lowest BCUT2D eigenvalue weighted by atomic mass is 10.1. The minimum Gasteiger partial charge on any atom is -0.397 e. The lowest BCUT2D eigenvalue weighted by Crippen LogP contribution is -2.40. The van der Waals surface area contributed by atoms with Crippen LogP contribution in [0.5, 0.6) is 0 Å². The van der Waals surface area contributed by atoms with E-state index in [0.717, 1.165) is 25.2 Å². The summed E-state index contributed by atoms with van der Waals surface area (Å²) in [5.74, 6) is -0.203. The molecule has 0 amide bonds. The van der Waals surface area contributed by atoms with Gasteiger partial charge >= 0.3 is 0 Å². The van der Waals surface area contributed by atoms with Crippen molar-refractivity contribution in [1.82, 2.24) is 4.90 Å². The Hall–Kier alpha value is -1.29. The largest absolute Gasteiger partial charge is 0.397 e. The number of benzene rings is 1. The van der Waals surface area contributed by atoms with Gasteiger partial charge in [0.05, 0.1) is 11.4 Å². The quantitative estimate of drug-likeness (QED) is 0.832. The number of nitrogens with zero attached hydrogens (tertiary/aromatic N) is 2. The maximum absolute atomic E-state index is 13.4. The third-order valence-corrected chi connectivity index (χ3v) is 4.40. The molecule has 2 aliphatic heterocycles. The summed E-state index contributed by atoms with van der Waals surface area (Å²) in [5, 5.41) is 0. The third-order valence-electron chi connectivity index (χ3n) is 4.40. The molecule has 1 atom stereocenters. The second-order valence-electron chi connectivity index (χ2n) is 5.69. The zero-order valence-electron chi connectivity index (χ0n) is 11.3. The van der Waals surface area contributed by atoms with E-state index in [1.165, 1.54) is 38.4 Å². The standard InChI is InChI=1S/C15H22FN3/c16-12-4-5-14(17)15(10-12)19-9-6-13(11-19)18-7-2-1-3-8-18/h4-5,10,13H,1-3,6-9,11,17H2. The molecule has 2 N–H and O–H groups in total. The van der Waals surface area contributed by atoms with Crippen molar-refractivity contribution >= 4 is 11.4 Å². The van der Waals surface area contributed by atoms with Crippen LogP contribution in [-0.4, -0.2) is 37.1 Å². The predicted octanol–water partition coefficient (Wildman–Crippen LogP) is 2.47. The van der Waals surface area contributed by atoms with Crippen molar-refractivity contribution in [2.24, 2.45) is 0 Å². The highest BCUT2D eigenvalue weighted by Gasteiger charge is 2.29. The second kappa shape index (κ2) is 5.37. The molecule has 1 unspecified atom stereocenters. The van der Waals surface area contributed by atoms with Crippen molar-refractivity contribution in [2.75, 3.05) is 36.8 Å². The van der Waals surface area contributed by atoms with E-state index in [4.69, 9.17) is 5.73 Å². The Kier molecular flexibility index (Phi) is 3.60. The van der Waals surface area contributed by atoms with E-state index in [1.807, 2.05) is 0 Å². The second-order valence-corrected chi connectivity index (χ2v) is 5.69. The fourth-order valence-electron chi connectivity index (χ4n) is 3.33. The topological polar surface area (TPSA) is 32.5 Å². The van der Waals surface area contributed by atoms with Crippen LogP contribution in [0.4, 0.5) is 15.8 Å². The monoisotopic (exact) mass is 263 g/mol. The van der Waals surface area contributed by atoms with Gasteiger partial charge < -0.3 is 10.6 Å². The number of hydrogen-bond acceptors (Lipinski definition) is 3. The lowest BCUT2D eigenvalue weighted by molar-refractivity contribution is 0.175. The molecule has 0 radical (unpaired) electrons. The molecule has 0 bridgehead atoms. The molecule has 4 heteroatoms. The summed E-state index contributed by atoms with van der Waals surface area (Å²) < 4.78 is 13.4. The van der Waals surface area contributed by atoms with Crippen molar-refractivity contribution in [3.8, 4) is 0 Å². The average molecular weight is 263 g/mol. The van der Waals surface area contributed by atoms with Gasteiger partial charge in [-0.3, -0.25) is 4.90 Å². The minimum absolute atomic E-state index is 0.203. The molecule has 2 fully saturated rings. The van der Waals surface area contributed by atoms with E-state index in [-0.39, 0.29) is 5.82 Å². The molecule has 19 heavy (non-hydrogen) atoms. The van der Waals surface area contributed by atoms with Crippen LogP contribution < -0.4 is 10.6 Å². The predicted molar refractivity (Wildman–Crippen MR) is 76.9 cm³/mol. The molecule has 0 spiro atoms. The van der Waals surface area contributed by atoms with Crippen LogP contribution in [-0.2, 0) is 0 Å². The summed E-state index contributed by atoms with van der Waals surface area (Å²) >= 11 is 0. The van der Waals surface area contributed by atoms with Gasteiger partial charge in [-0.05, 0) is 50.6 Å². The summed E-state index contributed by atoms with van der Waals surface area (Å²) in [5.41, 5.74) is 7.51. The number of halogens is 1. The van der Waals surface area contributed by atoms with Crippen molar-refractivity contribution in [1.29, 1.82) is 0 Å². The Morgan fingerprint density at radius 2 is 1.89 bits per heavy atom. The highest BCUT2D eigenvalue weighted by Crippen LogP contribution is 2.29. The molecule has 0 aromatic heterocycles. The van der Waals surface area contributed by atoms with Crippen LogP contribution in [0, 0.1) is 5.82 Å². The van der Waals surface area contributed by atoms with Gasteiger partial charge in [-0.15, -0.1) is 0 Å². The molecule has 0 aliphatic carbocycles. The fourth-order valence-corrected chi connectivity index (χ4v) is 3.33. The average Bonchev–Trinajstić information content (AvgIpc) is 2.92. The first-order valence-corrected chi connectivity index (χ1v) is 7.28.